The number of carbonyl (C=O) groups excluding carboxylic acids is 1. The van der Waals surface area contributed by atoms with Gasteiger partial charge in [0.15, 0.2) is 0 Å². The van der Waals surface area contributed by atoms with E-state index in [2.05, 4.69) is 6.58 Å². The van der Waals surface area contributed by atoms with E-state index < -0.39 is 6.10 Å². The van der Waals surface area contributed by atoms with Gasteiger partial charge in [0.1, 0.15) is 6.10 Å². The van der Waals surface area contributed by atoms with E-state index in [-0.39, 0.29) is 10.7 Å². The zero-order valence-corrected chi connectivity index (χ0v) is 11.1. The Kier molecular flexibility index (Phi) is 4.55. The molecule has 3 heteroatoms. The molecular weight excluding hydrogens is 256 g/mol. The molecule has 0 saturated carbocycles. The van der Waals surface area contributed by atoms with E-state index in [1.165, 1.54) is 0 Å². The molecule has 2 rings (SSSR count). The van der Waals surface area contributed by atoms with Crippen molar-refractivity contribution in [2.45, 2.75) is 11.0 Å². The highest BCUT2D eigenvalue weighted by Crippen LogP contribution is 2.28. The molecule has 2 aromatic carbocycles. The predicted molar refractivity (Wildman–Crippen MR) is 77.8 cm³/mol. The van der Waals surface area contributed by atoms with Gasteiger partial charge in [-0.1, -0.05) is 55.1 Å². The molecule has 0 aliphatic carbocycles. The van der Waals surface area contributed by atoms with Gasteiger partial charge in [-0.2, -0.15) is 0 Å². The number of aliphatic hydroxyl groups is 1. The Morgan fingerprint density at radius 2 is 1.53 bits per heavy atom. The molecule has 2 nitrogen and oxygen atoms in total. The first kappa shape index (κ1) is 13.6. The lowest BCUT2D eigenvalue weighted by Crippen LogP contribution is -2.07. The molecule has 0 saturated heterocycles. The maximum absolute atomic E-state index is 12.0. The van der Waals surface area contributed by atoms with Crippen LogP contribution >= 0.6 is 11.8 Å². The Bertz CT molecular complexity index is 564. The number of benzene rings is 2. The van der Waals surface area contributed by atoms with Crippen molar-refractivity contribution in [2.24, 2.45) is 0 Å². The van der Waals surface area contributed by atoms with Crippen LogP contribution in [0.5, 0.6) is 0 Å². The fraction of sp³-hybridized carbons (Fsp3) is 0.0625. The van der Waals surface area contributed by atoms with E-state index in [1.807, 2.05) is 48.5 Å². The van der Waals surface area contributed by atoms with E-state index in [4.69, 9.17) is 0 Å². The van der Waals surface area contributed by atoms with Gasteiger partial charge in [-0.25, -0.2) is 0 Å². The first-order chi connectivity index (χ1) is 9.18. The normalized spacial score (nSPS) is 11.8. The summed E-state index contributed by atoms with van der Waals surface area (Å²) in [5.74, 6) is 0. The zero-order chi connectivity index (χ0) is 13.7. The highest BCUT2D eigenvalue weighted by molar-refractivity contribution is 8.14. The monoisotopic (exact) mass is 270 g/mol. The molecule has 0 aliphatic heterocycles. The van der Waals surface area contributed by atoms with Crippen LogP contribution in [0.3, 0.4) is 0 Å². The fourth-order valence-corrected chi connectivity index (χ4v) is 2.36. The van der Waals surface area contributed by atoms with Gasteiger partial charge in [-0.05, 0) is 29.5 Å². The average molecular weight is 270 g/mol. The first-order valence-corrected chi connectivity index (χ1v) is 6.69. The first-order valence-electron chi connectivity index (χ1n) is 5.87. The second-order valence-electron chi connectivity index (χ2n) is 4.04. The summed E-state index contributed by atoms with van der Waals surface area (Å²) in [4.78, 5) is 12.9. The summed E-state index contributed by atoms with van der Waals surface area (Å²) < 4.78 is 0. The number of hydrogen-bond donors (Lipinski definition) is 1. The van der Waals surface area contributed by atoms with Gasteiger partial charge in [0.2, 0.25) is 5.12 Å². The van der Waals surface area contributed by atoms with E-state index in [1.54, 1.807) is 12.1 Å². The van der Waals surface area contributed by atoms with E-state index in [0.717, 1.165) is 16.7 Å². The minimum Gasteiger partial charge on any atom is -0.384 e. The number of hydrogen-bond acceptors (Lipinski definition) is 3. The summed E-state index contributed by atoms with van der Waals surface area (Å²) in [6.45, 7) is 3.71. The molecule has 19 heavy (non-hydrogen) atoms. The van der Waals surface area contributed by atoms with Gasteiger partial charge in [0, 0.05) is 10.5 Å². The Balaban J connectivity index is 2.06. The maximum Gasteiger partial charge on any atom is 0.222 e. The molecule has 0 aromatic heterocycles. The van der Waals surface area contributed by atoms with Crippen LogP contribution in [0.15, 0.2) is 77.7 Å². The molecule has 2 aromatic rings. The summed E-state index contributed by atoms with van der Waals surface area (Å²) in [5, 5.41) is 9.88. The van der Waals surface area contributed by atoms with Crippen LogP contribution in [-0.4, -0.2) is 10.2 Å². The molecule has 0 heterocycles. The minimum atomic E-state index is -0.954. The van der Waals surface area contributed by atoms with Crippen LogP contribution in [0, 0.1) is 0 Å². The lowest BCUT2D eigenvalue weighted by atomic mass is 10.0. The van der Waals surface area contributed by atoms with E-state index in [0.29, 0.717) is 5.56 Å². The van der Waals surface area contributed by atoms with Crippen molar-refractivity contribution < 1.29 is 9.90 Å². The summed E-state index contributed by atoms with van der Waals surface area (Å²) >= 11 is 1.08. The van der Waals surface area contributed by atoms with Crippen LogP contribution < -0.4 is 0 Å². The summed E-state index contributed by atoms with van der Waals surface area (Å²) in [6.07, 6.45) is -0.954. The Morgan fingerprint density at radius 1 is 1.00 bits per heavy atom. The van der Waals surface area contributed by atoms with Gasteiger partial charge in [0.05, 0.1) is 0 Å². The van der Waals surface area contributed by atoms with Crippen LogP contribution in [0.25, 0.3) is 0 Å². The second-order valence-corrected chi connectivity index (χ2v) is 5.09. The number of rotatable bonds is 4. The molecule has 0 aliphatic rings. The molecule has 0 spiro atoms. The second kappa shape index (κ2) is 6.36. The van der Waals surface area contributed by atoms with Crippen molar-refractivity contribution in [3.63, 3.8) is 0 Å². The van der Waals surface area contributed by atoms with Crippen LogP contribution in [0.4, 0.5) is 0 Å². The Hall–Kier alpha value is -1.84. The quantitative estimate of drug-likeness (QED) is 0.681. The SMILES string of the molecule is C=C(C(=O)Sc1ccccc1)C(O)c1ccccc1. The van der Waals surface area contributed by atoms with Gasteiger partial charge in [-0.15, -0.1) is 0 Å². The topological polar surface area (TPSA) is 37.3 Å². The van der Waals surface area contributed by atoms with E-state index in [9.17, 15) is 9.90 Å². The third-order valence-corrected chi connectivity index (χ3v) is 3.62. The number of thioether (sulfide) groups is 1. The fourth-order valence-electron chi connectivity index (χ4n) is 1.61. The third kappa shape index (κ3) is 3.56. The lowest BCUT2D eigenvalue weighted by Gasteiger charge is -2.12. The highest BCUT2D eigenvalue weighted by atomic mass is 32.2. The van der Waals surface area contributed by atoms with Crippen molar-refractivity contribution in [1.29, 1.82) is 0 Å². The standard InChI is InChI=1S/C16H14O2S/c1-12(15(17)13-8-4-2-5-9-13)16(18)19-14-10-6-3-7-11-14/h2-11,15,17H,1H2. The largest absolute Gasteiger partial charge is 0.384 e. The highest BCUT2D eigenvalue weighted by Gasteiger charge is 2.18. The Morgan fingerprint density at radius 3 is 2.11 bits per heavy atom. The zero-order valence-electron chi connectivity index (χ0n) is 10.3. The molecule has 0 bridgehead atoms. The molecular formula is C16H14O2S. The smallest absolute Gasteiger partial charge is 0.222 e. The van der Waals surface area contributed by atoms with Crippen molar-refractivity contribution in [1.82, 2.24) is 0 Å². The molecule has 0 radical (unpaired) electrons. The van der Waals surface area contributed by atoms with Crippen LogP contribution in [0.2, 0.25) is 0 Å². The van der Waals surface area contributed by atoms with Crippen molar-refractivity contribution in [2.75, 3.05) is 0 Å². The summed E-state index contributed by atoms with van der Waals surface area (Å²) in [7, 11) is 0. The summed E-state index contributed by atoms with van der Waals surface area (Å²) in [6, 6.07) is 18.4. The molecule has 0 fully saturated rings. The number of carbonyl (C=O) groups is 1. The average Bonchev–Trinajstić information content (AvgIpc) is 2.47. The van der Waals surface area contributed by atoms with Gasteiger partial charge >= 0.3 is 0 Å². The van der Waals surface area contributed by atoms with Gasteiger partial charge in [0.25, 0.3) is 0 Å². The number of aliphatic hydroxyl groups excluding tert-OH is 1. The third-order valence-electron chi connectivity index (χ3n) is 2.66. The molecule has 96 valence electrons. The maximum atomic E-state index is 12.0. The Labute approximate surface area is 116 Å². The van der Waals surface area contributed by atoms with Gasteiger partial charge < -0.3 is 5.11 Å². The molecule has 0 amide bonds. The lowest BCUT2D eigenvalue weighted by molar-refractivity contribution is -0.108. The molecule has 1 unspecified atom stereocenters. The molecule has 1 atom stereocenters. The van der Waals surface area contributed by atoms with Gasteiger partial charge in [-0.3, -0.25) is 4.79 Å². The van der Waals surface area contributed by atoms with Crippen molar-refractivity contribution in [3.05, 3.63) is 78.4 Å². The minimum absolute atomic E-state index is 0.194. The molecule has 1 N–H and O–H groups in total. The summed E-state index contributed by atoms with van der Waals surface area (Å²) in [5.41, 5.74) is 0.870. The van der Waals surface area contributed by atoms with E-state index >= 15 is 0 Å². The van der Waals surface area contributed by atoms with Crippen molar-refractivity contribution in [3.8, 4) is 0 Å². The van der Waals surface area contributed by atoms with Crippen molar-refractivity contribution >= 4 is 16.9 Å². The van der Waals surface area contributed by atoms with Crippen LogP contribution in [0.1, 0.15) is 11.7 Å². The van der Waals surface area contributed by atoms with Crippen LogP contribution in [-0.2, 0) is 4.79 Å². The predicted octanol–water partition coefficient (Wildman–Crippen LogP) is 3.60.